The number of nitrogens with zero attached hydrogens (tertiary/aromatic N) is 4. The average Bonchev–Trinajstić information content (AvgIpc) is 3.62. The second-order valence-electron chi connectivity index (χ2n) is 9.32. The third-order valence-corrected chi connectivity index (χ3v) is 6.47. The minimum Gasteiger partial charge on any atom is -0.468 e. The number of rotatable bonds is 10. The van der Waals surface area contributed by atoms with Crippen LogP contribution in [0.2, 0.25) is 0 Å². The summed E-state index contributed by atoms with van der Waals surface area (Å²) in [6, 6.07) is 10.0. The molecule has 3 heterocycles. The van der Waals surface area contributed by atoms with Crippen molar-refractivity contribution >= 4 is 12.2 Å². The second-order valence-corrected chi connectivity index (χ2v) is 9.32. The minimum absolute atomic E-state index is 0.00393. The molecule has 0 unspecified atom stereocenters. The number of amides is 1. The van der Waals surface area contributed by atoms with Gasteiger partial charge in [0.05, 0.1) is 0 Å². The van der Waals surface area contributed by atoms with Crippen molar-refractivity contribution in [2.45, 2.75) is 52.5 Å². The van der Waals surface area contributed by atoms with Crippen molar-refractivity contribution in [1.82, 2.24) is 24.9 Å². The molecule has 0 aliphatic carbocycles. The fourth-order valence-corrected chi connectivity index (χ4v) is 4.50. The van der Waals surface area contributed by atoms with E-state index in [-0.39, 0.29) is 30.4 Å². The summed E-state index contributed by atoms with van der Waals surface area (Å²) in [4.78, 5) is 30.3. The van der Waals surface area contributed by atoms with E-state index in [1.807, 2.05) is 42.6 Å². The van der Waals surface area contributed by atoms with Gasteiger partial charge >= 0.3 is 0 Å². The normalized spacial score (nSPS) is 16.4. The number of aryl methyl sites for hydroxylation is 1. The molecule has 0 spiro atoms. The van der Waals surface area contributed by atoms with Gasteiger partial charge < -0.3 is 24.0 Å². The van der Waals surface area contributed by atoms with Crippen molar-refractivity contribution in [2.75, 3.05) is 13.2 Å². The van der Waals surface area contributed by atoms with Crippen LogP contribution in [0, 0.1) is 12.8 Å². The Morgan fingerprint density at radius 2 is 2.03 bits per heavy atom. The highest BCUT2D eigenvalue weighted by Crippen LogP contribution is 2.33. The lowest BCUT2D eigenvalue weighted by molar-refractivity contribution is -0.131. The van der Waals surface area contributed by atoms with Gasteiger partial charge in [-0.05, 0) is 55.5 Å². The summed E-state index contributed by atoms with van der Waals surface area (Å²) in [6.45, 7) is 8.58. The lowest BCUT2D eigenvalue weighted by atomic mass is 9.91. The third-order valence-electron chi connectivity index (χ3n) is 6.47. The topological polar surface area (TPSA) is 102 Å². The molecule has 0 saturated carbocycles. The largest absolute Gasteiger partial charge is 0.468 e. The van der Waals surface area contributed by atoms with Gasteiger partial charge in [0.25, 0.3) is 5.88 Å². The molecule has 2 aromatic heterocycles. The van der Waals surface area contributed by atoms with Crippen LogP contribution < -0.4 is 10.1 Å². The van der Waals surface area contributed by atoms with E-state index in [2.05, 4.69) is 46.6 Å². The summed E-state index contributed by atoms with van der Waals surface area (Å²) in [5, 5.41) is 7.31. The Labute approximate surface area is 211 Å². The molecule has 2 atom stereocenters. The van der Waals surface area contributed by atoms with Crippen LogP contribution in [0.4, 0.5) is 0 Å². The van der Waals surface area contributed by atoms with E-state index < -0.39 is 5.92 Å². The molecule has 1 aromatic carbocycles. The number of carbonyl (C=O) groups excluding carboxylic acids is 2. The van der Waals surface area contributed by atoms with Crippen LogP contribution in [-0.2, 0) is 9.59 Å². The molecule has 3 aromatic rings. The first-order valence-corrected chi connectivity index (χ1v) is 12.3. The summed E-state index contributed by atoms with van der Waals surface area (Å²) < 4.78 is 12.7. The van der Waals surface area contributed by atoms with Gasteiger partial charge in [-0.2, -0.15) is 0 Å². The summed E-state index contributed by atoms with van der Waals surface area (Å²) >= 11 is 0. The van der Waals surface area contributed by atoms with Crippen LogP contribution in [0.5, 0.6) is 5.88 Å². The molecule has 1 amide bonds. The molecule has 36 heavy (non-hydrogen) atoms. The highest BCUT2D eigenvalue weighted by molar-refractivity contribution is 5.85. The fourth-order valence-electron chi connectivity index (χ4n) is 4.50. The summed E-state index contributed by atoms with van der Waals surface area (Å²) in [7, 11) is 0. The number of allylic oxidation sites excluding steroid dienone is 1. The maximum atomic E-state index is 13.6. The van der Waals surface area contributed by atoms with Gasteiger partial charge in [-0.1, -0.05) is 26.0 Å². The van der Waals surface area contributed by atoms with E-state index in [0.29, 0.717) is 18.6 Å². The number of likely N-dealkylation sites (tertiary alicyclic amines) is 1. The number of aldehydes is 1. The van der Waals surface area contributed by atoms with Crippen molar-refractivity contribution < 1.29 is 18.8 Å². The maximum Gasteiger partial charge on any atom is 0.254 e. The van der Waals surface area contributed by atoms with Gasteiger partial charge in [-0.3, -0.25) is 9.59 Å². The molecule has 0 bridgehead atoms. The molecule has 9 nitrogen and oxygen atoms in total. The molecule has 1 N–H and O–H groups in total. The first-order valence-electron chi connectivity index (χ1n) is 12.3. The van der Waals surface area contributed by atoms with Crippen LogP contribution in [0.3, 0.4) is 0 Å². The Morgan fingerprint density at radius 3 is 2.69 bits per heavy atom. The fraction of sp³-hybridized carbons (Fsp3) is 0.407. The number of benzene rings is 1. The average molecular weight is 492 g/mol. The van der Waals surface area contributed by atoms with Gasteiger partial charge in [-0.25, -0.2) is 4.98 Å². The first-order chi connectivity index (χ1) is 17.4. The van der Waals surface area contributed by atoms with E-state index in [9.17, 15) is 9.59 Å². The van der Waals surface area contributed by atoms with E-state index in [1.54, 1.807) is 12.3 Å². The summed E-state index contributed by atoms with van der Waals surface area (Å²) in [5.74, 6) is 1.06. The molecule has 190 valence electrons. The first kappa shape index (κ1) is 25.2. The molecule has 0 radical (unpaired) electrons. The molecular formula is C27H33N5O4. The van der Waals surface area contributed by atoms with Gasteiger partial charge in [-0.15, -0.1) is 0 Å². The second kappa shape index (κ2) is 11.2. The smallest absolute Gasteiger partial charge is 0.254 e. The molecule has 1 aliphatic heterocycles. The van der Waals surface area contributed by atoms with Gasteiger partial charge in [0.15, 0.2) is 12.0 Å². The summed E-state index contributed by atoms with van der Waals surface area (Å²) in [5.41, 5.74) is 3.17. The lowest BCUT2D eigenvalue weighted by Crippen LogP contribution is -2.34. The molecule has 1 aliphatic rings. The van der Waals surface area contributed by atoms with Crippen LogP contribution >= 0.6 is 0 Å². The number of hydrogen-bond acceptors (Lipinski definition) is 7. The lowest BCUT2D eigenvalue weighted by Gasteiger charge is -2.25. The van der Waals surface area contributed by atoms with Crippen LogP contribution in [0.15, 0.2) is 59.1 Å². The Kier molecular flexibility index (Phi) is 7.87. The number of imidazole rings is 1. The zero-order valence-electron chi connectivity index (χ0n) is 21.2. The molecular weight excluding hydrogens is 458 g/mol. The van der Waals surface area contributed by atoms with E-state index >= 15 is 0 Å². The van der Waals surface area contributed by atoms with Crippen LogP contribution in [0.1, 0.15) is 62.7 Å². The third kappa shape index (κ3) is 5.50. The molecule has 1 saturated heterocycles. The zero-order valence-corrected chi connectivity index (χ0v) is 21.2. The minimum atomic E-state index is -0.496. The molecule has 4 rings (SSSR count). The SMILES string of the molecule is Cc1nccn1-c1ccc([C@H](C)N/C=C2\CCCN2C(=O)[C@@H](c2cc(OCC=O)no2)C(C)C)cc1. The van der Waals surface area contributed by atoms with Crippen LogP contribution in [0.25, 0.3) is 5.69 Å². The van der Waals surface area contributed by atoms with Crippen molar-refractivity contribution in [3.8, 4) is 11.6 Å². The Bertz CT molecular complexity index is 1210. The van der Waals surface area contributed by atoms with Crippen molar-refractivity contribution in [1.29, 1.82) is 0 Å². The van der Waals surface area contributed by atoms with Gasteiger partial charge in [0, 0.05) is 48.6 Å². The van der Waals surface area contributed by atoms with E-state index in [0.717, 1.165) is 35.6 Å². The predicted molar refractivity (Wildman–Crippen MR) is 135 cm³/mol. The number of nitrogens with one attached hydrogen (secondary N) is 1. The monoisotopic (exact) mass is 491 g/mol. The van der Waals surface area contributed by atoms with Crippen molar-refractivity contribution in [3.05, 3.63) is 71.8 Å². The molecule has 9 heteroatoms. The number of aromatic nitrogens is 3. The Hall–Kier alpha value is -3.88. The number of carbonyl (C=O) groups is 2. The van der Waals surface area contributed by atoms with Crippen LogP contribution in [-0.4, -0.2) is 45.0 Å². The molecule has 1 fully saturated rings. The highest BCUT2D eigenvalue weighted by Gasteiger charge is 2.35. The summed E-state index contributed by atoms with van der Waals surface area (Å²) in [6.07, 6.45) is 8.07. The maximum absolute atomic E-state index is 13.6. The van der Waals surface area contributed by atoms with Crippen molar-refractivity contribution in [3.63, 3.8) is 0 Å². The highest BCUT2D eigenvalue weighted by atomic mass is 16.5. The predicted octanol–water partition coefficient (Wildman–Crippen LogP) is 4.30. The van der Waals surface area contributed by atoms with E-state index in [4.69, 9.17) is 9.26 Å². The number of ether oxygens (including phenoxy) is 1. The van der Waals surface area contributed by atoms with E-state index in [1.165, 1.54) is 0 Å². The van der Waals surface area contributed by atoms with Gasteiger partial charge in [0.2, 0.25) is 5.91 Å². The quantitative estimate of drug-likeness (QED) is 0.422. The van der Waals surface area contributed by atoms with Gasteiger partial charge in [0.1, 0.15) is 18.3 Å². The number of hydrogen-bond donors (Lipinski definition) is 1. The Balaban J connectivity index is 1.44. The van der Waals surface area contributed by atoms with Crippen molar-refractivity contribution in [2.24, 2.45) is 5.92 Å². The standard InChI is InChI=1S/C27H33N5O4/c1-18(2)26(24-16-25(30-36-24)35-15-14-33)27(34)32-12-5-6-23(32)17-29-19(3)21-7-9-22(10-8-21)31-13-11-28-20(31)4/h7-11,13-14,16-19,26,29H,5-6,12,15H2,1-4H3/b23-17+/t19-,26+/m0/s1. The zero-order chi connectivity index (χ0) is 25.7. The Morgan fingerprint density at radius 1 is 1.25 bits per heavy atom.